The third-order valence-corrected chi connectivity index (χ3v) is 2.20. The molecule has 3 heteroatoms. The highest BCUT2D eigenvalue weighted by Crippen LogP contribution is 2.18. The lowest BCUT2D eigenvalue weighted by atomic mass is 9.98. The van der Waals surface area contributed by atoms with Crippen molar-refractivity contribution in [1.82, 2.24) is 0 Å². The van der Waals surface area contributed by atoms with Crippen molar-refractivity contribution in [3.8, 4) is 0 Å². The summed E-state index contributed by atoms with van der Waals surface area (Å²) in [7, 11) is 0. The predicted octanol–water partition coefficient (Wildman–Crippen LogP) is 1.63. The lowest BCUT2D eigenvalue weighted by Crippen LogP contribution is -2.19. The van der Waals surface area contributed by atoms with Crippen molar-refractivity contribution in [3.63, 3.8) is 0 Å². The summed E-state index contributed by atoms with van der Waals surface area (Å²) in [5.74, 6) is -0.935. The number of aliphatic hydroxyl groups is 1. The third kappa shape index (κ3) is 3.06. The Labute approximate surface area is 89.7 Å². The van der Waals surface area contributed by atoms with Crippen LogP contribution in [0.5, 0.6) is 0 Å². The molecule has 0 amide bonds. The van der Waals surface area contributed by atoms with E-state index < -0.39 is 5.92 Å². The monoisotopic (exact) mass is 208 g/mol. The van der Waals surface area contributed by atoms with Crippen LogP contribution < -0.4 is 0 Å². The molecule has 82 valence electrons. The number of aryl methyl sites for hydroxylation is 1. The molecule has 0 aliphatic rings. The van der Waals surface area contributed by atoms with E-state index in [1.807, 2.05) is 31.2 Å². The van der Waals surface area contributed by atoms with Crippen molar-refractivity contribution in [3.05, 3.63) is 35.4 Å². The zero-order valence-corrected chi connectivity index (χ0v) is 9.06. The van der Waals surface area contributed by atoms with Gasteiger partial charge in [0.05, 0.1) is 13.2 Å². The molecule has 1 unspecified atom stereocenters. The fraction of sp³-hybridized carbons (Fsp3) is 0.417. The lowest BCUT2D eigenvalue weighted by Gasteiger charge is -2.13. The highest BCUT2D eigenvalue weighted by molar-refractivity contribution is 5.78. The first-order chi connectivity index (χ1) is 7.19. The first kappa shape index (κ1) is 11.7. The number of esters is 1. The van der Waals surface area contributed by atoms with Crippen molar-refractivity contribution in [2.24, 2.45) is 0 Å². The van der Waals surface area contributed by atoms with Crippen molar-refractivity contribution in [2.45, 2.75) is 19.8 Å². The predicted molar refractivity (Wildman–Crippen MR) is 57.6 cm³/mol. The summed E-state index contributed by atoms with van der Waals surface area (Å²) in [6.45, 7) is 3.81. The Morgan fingerprint density at radius 2 is 2.27 bits per heavy atom. The van der Waals surface area contributed by atoms with E-state index >= 15 is 0 Å². The van der Waals surface area contributed by atoms with Crippen LogP contribution in [0.3, 0.4) is 0 Å². The van der Waals surface area contributed by atoms with Crippen LogP contribution in [0.15, 0.2) is 24.3 Å². The number of benzene rings is 1. The van der Waals surface area contributed by atoms with Crippen molar-refractivity contribution in [1.29, 1.82) is 0 Å². The number of carbonyl (C=O) groups is 1. The van der Waals surface area contributed by atoms with Crippen LogP contribution in [0.1, 0.15) is 24.0 Å². The molecule has 15 heavy (non-hydrogen) atoms. The van der Waals surface area contributed by atoms with Crippen LogP contribution in [0.25, 0.3) is 0 Å². The molecule has 0 saturated carbocycles. The maximum atomic E-state index is 11.5. The van der Waals surface area contributed by atoms with Gasteiger partial charge in [0.2, 0.25) is 0 Å². The fourth-order valence-corrected chi connectivity index (χ4v) is 1.45. The van der Waals surface area contributed by atoms with Gasteiger partial charge >= 0.3 is 5.97 Å². The third-order valence-electron chi connectivity index (χ3n) is 2.20. The normalized spacial score (nSPS) is 12.2. The molecule has 0 heterocycles. The van der Waals surface area contributed by atoms with E-state index in [0.717, 1.165) is 11.1 Å². The second-order valence-electron chi connectivity index (χ2n) is 3.40. The van der Waals surface area contributed by atoms with Gasteiger partial charge < -0.3 is 9.84 Å². The molecular formula is C12H16O3. The molecular weight excluding hydrogens is 192 g/mol. The second-order valence-corrected chi connectivity index (χ2v) is 3.40. The van der Waals surface area contributed by atoms with Gasteiger partial charge in [0.25, 0.3) is 0 Å². The van der Waals surface area contributed by atoms with Crippen LogP contribution in [-0.4, -0.2) is 24.3 Å². The second kappa shape index (κ2) is 5.51. The Balaban J connectivity index is 2.87. The van der Waals surface area contributed by atoms with Gasteiger partial charge in [-0.05, 0) is 19.4 Å². The van der Waals surface area contributed by atoms with Crippen molar-refractivity contribution < 1.29 is 14.6 Å². The molecule has 0 aliphatic heterocycles. The molecule has 0 aliphatic carbocycles. The Hall–Kier alpha value is -1.35. The highest BCUT2D eigenvalue weighted by atomic mass is 16.5. The summed E-state index contributed by atoms with van der Waals surface area (Å²) in [6.07, 6.45) is 0. The molecule has 1 N–H and O–H groups in total. The van der Waals surface area contributed by atoms with Gasteiger partial charge in [-0.1, -0.05) is 29.8 Å². The van der Waals surface area contributed by atoms with Crippen LogP contribution >= 0.6 is 0 Å². The minimum absolute atomic E-state index is 0.220. The maximum absolute atomic E-state index is 11.5. The Morgan fingerprint density at radius 1 is 1.53 bits per heavy atom. The van der Waals surface area contributed by atoms with Gasteiger partial charge in [0.1, 0.15) is 5.92 Å². The maximum Gasteiger partial charge on any atom is 0.315 e. The summed E-state index contributed by atoms with van der Waals surface area (Å²) in [5.41, 5.74) is 1.87. The van der Waals surface area contributed by atoms with E-state index in [9.17, 15) is 4.79 Å². The summed E-state index contributed by atoms with van der Waals surface area (Å²) in [6, 6.07) is 7.53. The Bertz CT molecular complexity index is 333. The molecule has 1 atom stereocenters. The molecule has 0 fully saturated rings. The Morgan fingerprint density at radius 3 is 2.80 bits per heavy atom. The molecule has 1 rings (SSSR count). The van der Waals surface area contributed by atoms with E-state index in [1.54, 1.807) is 6.92 Å². The first-order valence-corrected chi connectivity index (χ1v) is 5.03. The van der Waals surface area contributed by atoms with Gasteiger partial charge in [-0.3, -0.25) is 4.79 Å². The van der Waals surface area contributed by atoms with Gasteiger partial charge in [-0.2, -0.15) is 0 Å². The van der Waals surface area contributed by atoms with E-state index in [1.165, 1.54) is 0 Å². The summed E-state index contributed by atoms with van der Waals surface area (Å²) in [4.78, 5) is 11.5. The van der Waals surface area contributed by atoms with Gasteiger partial charge in [0.15, 0.2) is 0 Å². The highest BCUT2D eigenvalue weighted by Gasteiger charge is 2.20. The SMILES string of the molecule is CCOC(=O)C(CO)c1cccc(C)c1. The summed E-state index contributed by atoms with van der Waals surface area (Å²) >= 11 is 0. The van der Waals surface area contributed by atoms with Crippen LogP contribution in [0.4, 0.5) is 0 Å². The Kier molecular flexibility index (Phi) is 4.31. The molecule has 3 nitrogen and oxygen atoms in total. The van der Waals surface area contributed by atoms with Gasteiger partial charge in [-0.25, -0.2) is 0 Å². The number of carbonyl (C=O) groups excluding carboxylic acids is 1. The number of ether oxygens (including phenoxy) is 1. The minimum Gasteiger partial charge on any atom is -0.465 e. The van der Waals surface area contributed by atoms with Crippen LogP contribution in [-0.2, 0) is 9.53 Å². The lowest BCUT2D eigenvalue weighted by molar-refractivity contribution is -0.145. The quantitative estimate of drug-likeness (QED) is 0.765. The van der Waals surface area contributed by atoms with Crippen LogP contribution in [0.2, 0.25) is 0 Å². The van der Waals surface area contributed by atoms with Gasteiger partial charge in [-0.15, -0.1) is 0 Å². The number of hydrogen-bond acceptors (Lipinski definition) is 3. The van der Waals surface area contributed by atoms with Crippen molar-refractivity contribution >= 4 is 5.97 Å². The van der Waals surface area contributed by atoms with Gasteiger partial charge in [0, 0.05) is 0 Å². The van der Waals surface area contributed by atoms with Crippen LogP contribution in [0, 0.1) is 6.92 Å². The molecule has 0 bridgehead atoms. The molecule has 0 saturated heterocycles. The molecule has 0 radical (unpaired) electrons. The number of hydrogen-bond donors (Lipinski definition) is 1. The van der Waals surface area contributed by atoms with E-state index in [4.69, 9.17) is 9.84 Å². The smallest absolute Gasteiger partial charge is 0.315 e. The number of rotatable bonds is 4. The van der Waals surface area contributed by atoms with Crippen molar-refractivity contribution in [2.75, 3.05) is 13.2 Å². The van der Waals surface area contributed by atoms with E-state index in [-0.39, 0.29) is 12.6 Å². The summed E-state index contributed by atoms with van der Waals surface area (Å²) in [5, 5.41) is 9.17. The molecule has 0 aromatic heterocycles. The standard InChI is InChI=1S/C12H16O3/c1-3-15-12(14)11(8-13)10-6-4-5-9(2)7-10/h4-7,11,13H,3,8H2,1-2H3. The zero-order valence-electron chi connectivity index (χ0n) is 9.06. The fourth-order valence-electron chi connectivity index (χ4n) is 1.45. The topological polar surface area (TPSA) is 46.5 Å². The average Bonchev–Trinajstić information content (AvgIpc) is 2.19. The average molecular weight is 208 g/mol. The molecule has 1 aromatic rings. The van der Waals surface area contributed by atoms with E-state index in [2.05, 4.69) is 0 Å². The molecule has 0 spiro atoms. The minimum atomic E-state index is -0.565. The largest absolute Gasteiger partial charge is 0.465 e. The molecule has 1 aromatic carbocycles. The number of aliphatic hydroxyl groups excluding tert-OH is 1. The zero-order chi connectivity index (χ0) is 11.3. The van der Waals surface area contributed by atoms with E-state index in [0.29, 0.717) is 6.61 Å². The first-order valence-electron chi connectivity index (χ1n) is 5.03. The summed E-state index contributed by atoms with van der Waals surface area (Å²) < 4.78 is 4.89.